The molecule has 6 aromatic carbocycles. The number of hydrogen-bond acceptors (Lipinski definition) is 16. The van der Waals surface area contributed by atoms with Crippen molar-refractivity contribution in [2.75, 3.05) is 6.61 Å². The first-order valence-corrected chi connectivity index (χ1v) is 51.1. The summed E-state index contributed by atoms with van der Waals surface area (Å²) in [5, 5.41) is 2.63. The van der Waals surface area contributed by atoms with Gasteiger partial charge in [0.15, 0.2) is 11.6 Å². The van der Waals surface area contributed by atoms with Crippen molar-refractivity contribution in [2.45, 2.75) is 88.4 Å². The number of aryl methyl sites for hydroxylation is 3. The molecule has 0 amide bonds. The van der Waals surface area contributed by atoms with Crippen molar-refractivity contribution in [3.05, 3.63) is 199 Å². The first kappa shape index (κ1) is 102. The van der Waals surface area contributed by atoms with E-state index in [4.69, 9.17) is 63.5 Å². The van der Waals surface area contributed by atoms with Gasteiger partial charge in [0, 0.05) is 103 Å². The molecule has 118 heavy (non-hydrogen) atoms. The van der Waals surface area contributed by atoms with Crippen LogP contribution in [-0.4, -0.2) is 82.9 Å². The van der Waals surface area contributed by atoms with Gasteiger partial charge in [-0.2, -0.15) is 52.7 Å². The molecular weight excluding hydrogens is 2230 g/mol. The van der Waals surface area contributed by atoms with Gasteiger partial charge in [0.2, 0.25) is 0 Å². The quantitative estimate of drug-likeness (QED) is 0.0164. The van der Waals surface area contributed by atoms with E-state index in [9.17, 15) is 94.5 Å². The second-order valence-corrected chi connectivity index (χ2v) is 46.3. The van der Waals surface area contributed by atoms with E-state index in [-0.39, 0.29) is 55.3 Å². The van der Waals surface area contributed by atoms with E-state index >= 15 is 0 Å². The van der Waals surface area contributed by atoms with Gasteiger partial charge in [0.1, 0.15) is 4.88 Å². The van der Waals surface area contributed by atoms with Gasteiger partial charge in [-0.05, 0) is 182 Å². The highest BCUT2D eigenvalue weighted by Crippen LogP contribution is 2.66. The standard InChI is InChI=1S/C12H10BrF2O5PS.2C11H8BrF2O4PS.2C11H10BrF2O3PS.C10H8BrF2O3PS/c1-2-20-11(16)10-4-6-3-7(8(13)5-9(6)22-10)12(14,15)21(17,18)19;2*1-5(15)9-3-6-2-7(8(12)4-10(6)20-9)11(13,14)19(16,17)18;2*1-2-7-3-6-4-8(9(12)5-10(6)19-7)11(13,14)18(15,16)17;1-5-2-6-3-7(8(11)4-9(6)18-5)10(12,13)17(14,15)16/h3-5H,2H2,1H3,(H2,17,18,19);2*2-4H,1H3,(H2,16,17,18);2*3-5H,2H2,1H3,(H2,15,16,17);2-4H,1H3,(H2,14,15,16). The molecule has 0 atom stereocenters. The van der Waals surface area contributed by atoms with Gasteiger partial charge in [-0.1, -0.05) is 109 Å². The number of Topliss-reactive ketones (excluding diaryl/α,β-unsaturated/α-hetero) is 2. The minimum absolute atomic E-state index is 0.00201. The molecule has 6 aromatic heterocycles. The predicted octanol–water partition coefficient (Wildman–Crippen LogP) is 25.4. The zero-order valence-electron chi connectivity index (χ0n) is 59.4. The highest BCUT2D eigenvalue weighted by molar-refractivity contribution is 9.11. The molecule has 12 aromatic rings. The fourth-order valence-electron chi connectivity index (χ4n) is 9.94. The van der Waals surface area contributed by atoms with Crippen molar-refractivity contribution >= 4 is 287 Å². The SMILES string of the molecule is CC(=O)c1cc2cc(C(F)(F)P(=O)(O)O)c(Br)cc2s1.CC(=O)c1cc2cc(C(F)(F)P(=O)(O)O)c(Br)cc2s1.CCOC(=O)c1cc2cc(C(F)(F)P(=O)(O)O)c(Br)cc2s1.CCc1cc2cc(C(F)(F)P(=O)(O)O)c(Br)cc2s1.CCc1cc2cc(C(F)(F)P(=O)(O)O)c(Br)cc2s1.Cc1cc2cc(C(F)(F)P(=O)(O)O)c(Br)cc2s1. The first-order valence-electron chi connectivity index (χ1n) is 31.8. The van der Waals surface area contributed by atoms with E-state index in [1.54, 1.807) is 25.1 Å². The van der Waals surface area contributed by atoms with Crippen molar-refractivity contribution in [1.82, 2.24) is 0 Å². The van der Waals surface area contributed by atoms with Crippen molar-refractivity contribution in [2.24, 2.45) is 0 Å². The summed E-state index contributed by atoms with van der Waals surface area (Å²) in [6.45, 7) is 10.3. The molecule has 12 N–H and O–H groups in total. The van der Waals surface area contributed by atoms with Crippen molar-refractivity contribution in [3.8, 4) is 0 Å². The Balaban J connectivity index is 0.000000196. The number of halogens is 18. The molecular formula is C66H54Br6F12O22P6S6. The molecule has 0 unspecified atom stereocenters. The van der Waals surface area contributed by atoms with Crippen LogP contribution < -0.4 is 0 Å². The molecule has 0 aliphatic carbocycles. The minimum Gasteiger partial charge on any atom is -0.462 e. The number of benzene rings is 6. The number of ketones is 2. The summed E-state index contributed by atoms with van der Waals surface area (Å²) < 4.78 is 239. The summed E-state index contributed by atoms with van der Waals surface area (Å²) in [5.74, 6) is -0.987. The number of esters is 1. The Morgan fingerprint density at radius 1 is 0.314 bits per heavy atom. The Morgan fingerprint density at radius 3 is 0.720 bits per heavy atom. The zero-order valence-corrected chi connectivity index (χ0v) is 79.2. The molecule has 0 radical (unpaired) electrons. The molecule has 0 aliphatic heterocycles. The Bertz CT molecular complexity index is 5980. The summed E-state index contributed by atoms with van der Waals surface area (Å²) in [6, 6.07) is 24.1. The molecule has 12 rings (SSSR count). The molecule has 52 heteroatoms. The van der Waals surface area contributed by atoms with Crippen molar-refractivity contribution < 1.29 is 158 Å². The summed E-state index contributed by atoms with van der Waals surface area (Å²) in [7, 11) is -33.6. The third-order valence-corrected chi connectivity index (χ3v) is 32.6. The van der Waals surface area contributed by atoms with E-state index in [2.05, 4.69) is 95.6 Å². The number of carbonyl (C=O) groups excluding carboxylic acids is 3. The molecule has 0 bridgehead atoms. The molecule has 642 valence electrons. The summed E-state index contributed by atoms with van der Waals surface area (Å²) in [6.07, 6.45) is 1.56. The number of thiophene rings is 6. The smallest absolute Gasteiger partial charge is 0.399 e. The maximum absolute atomic E-state index is 13.9. The van der Waals surface area contributed by atoms with Gasteiger partial charge >= 0.3 is 85.5 Å². The van der Waals surface area contributed by atoms with Crippen molar-refractivity contribution in [1.29, 1.82) is 0 Å². The topological polar surface area (TPSA) is 406 Å². The first-order chi connectivity index (χ1) is 53.6. The third-order valence-electron chi connectivity index (χ3n) is 15.9. The molecule has 0 aliphatic rings. The largest absolute Gasteiger partial charge is 0.462 e. The Labute approximate surface area is 731 Å². The van der Waals surface area contributed by atoms with Crippen LogP contribution in [0.25, 0.3) is 60.5 Å². The van der Waals surface area contributed by atoms with E-state index in [1.165, 1.54) is 102 Å². The second-order valence-electron chi connectivity index (χ2n) is 24.4. The lowest BCUT2D eigenvalue weighted by atomic mass is 10.1. The fraction of sp³-hybridized carbons (Fsp3) is 0.227. The van der Waals surface area contributed by atoms with Gasteiger partial charge < -0.3 is 63.5 Å². The number of hydrogen-bond donors (Lipinski definition) is 12. The maximum Gasteiger partial charge on any atom is 0.399 e. The highest BCUT2D eigenvalue weighted by Gasteiger charge is 2.56. The van der Waals surface area contributed by atoms with E-state index in [1.807, 2.05) is 20.8 Å². The number of rotatable bonds is 18. The lowest BCUT2D eigenvalue weighted by molar-refractivity contribution is 0.0531. The summed E-state index contributed by atoms with van der Waals surface area (Å²) in [5.41, 5.74) is -30.0. The predicted molar refractivity (Wildman–Crippen MR) is 452 cm³/mol. The van der Waals surface area contributed by atoms with Gasteiger partial charge in [-0.3, -0.25) is 37.0 Å². The Hall–Kier alpha value is -3.17. The molecule has 0 spiro atoms. The average molecular weight is 2280 g/mol. The van der Waals surface area contributed by atoms with Gasteiger partial charge in [0.05, 0.1) is 16.4 Å². The van der Waals surface area contributed by atoms with E-state index in [0.29, 0.717) is 50.8 Å². The number of alkyl halides is 12. The van der Waals surface area contributed by atoms with Gasteiger partial charge in [-0.25, -0.2) is 4.79 Å². The van der Waals surface area contributed by atoms with Crippen LogP contribution in [-0.2, 0) is 79.0 Å². The molecule has 0 fully saturated rings. The lowest BCUT2D eigenvalue weighted by Gasteiger charge is -2.19. The Kier molecular flexibility index (Phi) is 32.6. The third kappa shape index (κ3) is 22.6. The van der Waals surface area contributed by atoms with Crippen LogP contribution in [0, 0.1) is 6.92 Å². The van der Waals surface area contributed by atoms with Crippen LogP contribution in [0.15, 0.2) is 136 Å². The minimum atomic E-state index is -5.67. The highest BCUT2D eigenvalue weighted by atomic mass is 79.9. The van der Waals surface area contributed by atoms with Crippen LogP contribution in [0.3, 0.4) is 0 Å². The Morgan fingerprint density at radius 2 is 0.508 bits per heavy atom. The van der Waals surface area contributed by atoms with Crippen LogP contribution in [0.2, 0.25) is 0 Å². The fourth-order valence-corrected chi connectivity index (χ4v) is 24.2. The van der Waals surface area contributed by atoms with Crippen LogP contribution >= 0.6 is 209 Å². The number of fused-ring (bicyclic) bond motifs is 6. The normalized spacial score (nSPS) is 13.0. The van der Waals surface area contributed by atoms with Crippen LogP contribution in [0.5, 0.6) is 0 Å². The maximum atomic E-state index is 13.9. The molecule has 22 nitrogen and oxygen atoms in total. The molecule has 6 heterocycles. The number of carbonyl (C=O) groups is 3. The van der Waals surface area contributed by atoms with E-state index in [0.717, 1.165) is 112 Å². The number of ether oxygens (including phenoxy) is 1. The van der Waals surface area contributed by atoms with E-state index < -0.39 is 119 Å². The molecule has 0 saturated carbocycles. The van der Waals surface area contributed by atoms with Crippen LogP contribution in [0.1, 0.15) is 112 Å². The van der Waals surface area contributed by atoms with Gasteiger partial charge in [0.25, 0.3) is 0 Å². The van der Waals surface area contributed by atoms with Crippen molar-refractivity contribution in [3.63, 3.8) is 0 Å². The zero-order chi connectivity index (χ0) is 89.9. The lowest BCUT2D eigenvalue weighted by Crippen LogP contribution is -2.14. The average Bonchev–Trinajstić information content (AvgIpc) is 1.85. The van der Waals surface area contributed by atoms with Crippen LogP contribution in [0.4, 0.5) is 52.7 Å². The molecule has 0 saturated heterocycles. The summed E-state index contributed by atoms with van der Waals surface area (Å²) in [4.78, 5) is 144. The van der Waals surface area contributed by atoms with Gasteiger partial charge in [-0.15, -0.1) is 68.0 Å². The summed E-state index contributed by atoms with van der Waals surface area (Å²) >= 11 is 25.2. The monoisotopic (exact) mass is 2280 g/mol. The second kappa shape index (κ2) is 37.8.